The maximum Gasteiger partial charge on any atom is 0.289 e. The van der Waals surface area contributed by atoms with Crippen LogP contribution in [0, 0.1) is 0 Å². The normalized spacial score (nSPS) is 22.7. The van der Waals surface area contributed by atoms with Gasteiger partial charge in [-0.25, -0.2) is 0 Å². The van der Waals surface area contributed by atoms with Crippen molar-refractivity contribution in [3.63, 3.8) is 0 Å². The molecule has 0 aliphatic carbocycles. The summed E-state index contributed by atoms with van der Waals surface area (Å²) < 4.78 is 10.4. The average molecular weight is 413 g/mol. The van der Waals surface area contributed by atoms with Crippen molar-refractivity contribution in [1.29, 1.82) is 0 Å². The van der Waals surface area contributed by atoms with E-state index in [0.29, 0.717) is 49.8 Å². The van der Waals surface area contributed by atoms with Gasteiger partial charge in [0.2, 0.25) is 0 Å². The Labute approximate surface area is 175 Å². The van der Waals surface area contributed by atoms with Gasteiger partial charge in [-0.1, -0.05) is 0 Å². The fourth-order valence-electron chi connectivity index (χ4n) is 4.24. The fraction of sp³-hybridized carbons (Fsp3) is 0.455. The molecule has 0 bridgehead atoms. The highest BCUT2D eigenvalue weighted by atomic mass is 16.5. The van der Waals surface area contributed by atoms with Crippen molar-refractivity contribution in [1.82, 2.24) is 14.7 Å². The first kappa shape index (κ1) is 20.4. The Morgan fingerprint density at radius 2 is 1.80 bits per heavy atom. The molecule has 2 aliphatic rings. The van der Waals surface area contributed by atoms with Gasteiger partial charge in [-0.05, 0) is 42.8 Å². The van der Waals surface area contributed by atoms with Crippen LogP contribution in [0.4, 0.5) is 0 Å². The van der Waals surface area contributed by atoms with E-state index < -0.39 is 6.10 Å². The number of hydrogen-bond donors (Lipinski definition) is 1. The molecule has 2 saturated heterocycles. The number of nitrogens with zero attached hydrogens (tertiary/aromatic N) is 3. The number of aliphatic hydroxyl groups is 1. The highest BCUT2D eigenvalue weighted by Crippen LogP contribution is 2.22. The lowest BCUT2D eigenvalue weighted by atomic mass is 10.1. The predicted octanol–water partition coefficient (Wildman–Crippen LogP) is 1.32. The zero-order valence-corrected chi connectivity index (χ0v) is 17.1. The number of carbonyl (C=O) groups excluding carboxylic acids is 2. The van der Waals surface area contributed by atoms with Gasteiger partial charge in [0, 0.05) is 44.8 Å². The van der Waals surface area contributed by atoms with Crippen LogP contribution < -0.4 is 4.74 Å². The van der Waals surface area contributed by atoms with Crippen LogP contribution in [0.25, 0.3) is 0 Å². The molecule has 2 aromatic rings. The number of carbonyl (C=O) groups is 2. The third kappa shape index (κ3) is 4.20. The summed E-state index contributed by atoms with van der Waals surface area (Å²) in [6, 6.07) is 10.3. The van der Waals surface area contributed by atoms with Crippen molar-refractivity contribution in [2.24, 2.45) is 0 Å². The third-order valence-corrected chi connectivity index (χ3v) is 5.90. The van der Waals surface area contributed by atoms with E-state index >= 15 is 0 Å². The third-order valence-electron chi connectivity index (χ3n) is 5.90. The summed E-state index contributed by atoms with van der Waals surface area (Å²) in [5.41, 5.74) is 0.578. The Kier molecular flexibility index (Phi) is 6.06. The Hall–Kier alpha value is -2.84. The molecule has 160 valence electrons. The summed E-state index contributed by atoms with van der Waals surface area (Å²) in [7, 11) is 1.59. The second-order valence-electron chi connectivity index (χ2n) is 7.73. The van der Waals surface area contributed by atoms with Crippen molar-refractivity contribution in [3.8, 4) is 5.75 Å². The second-order valence-corrected chi connectivity index (χ2v) is 7.73. The van der Waals surface area contributed by atoms with Gasteiger partial charge >= 0.3 is 0 Å². The SMILES string of the molecule is COc1ccc(C(=O)N2C[C@H](O)[C@@H](N3CCCN(C(=O)c4ccco4)CC3)C2)cc1. The number of aliphatic hydroxyl groups excluding tert-OH is 1. The van der Waals surface area contributed by atoms with Crippen LogP contribution >= 0.6 is 0 Å². The first-order valence-corrected chi connectivity index (χ1v) is 10.2. The molecule has 2 atom stereocenters. The molecular formula is C22H27N3O5. The molecule has 2 fully saturated rings. The molecule has 0 unspecified atom stereocenters. The quantitative estimate of drug-likeness (QED) is 0.814. The van der Waals surface area contributed by atoms with Crippen LogP contribution in [0.15, 0.2) is 47.1 Å². The first-order valence-electron chi connectivity index (χ1n) is 10.2. The minimum atomic E-state index is -0.612. The Balaban J connectivity index is 1.37. The van der Waals surface area contributed by atoms with Gasteiger partial charge in [-0.15, -0.1) is 0 Å². The zero-order valence-electron chi connectivity index (χ0n) is 17.1. The molecule has 0 spiro atoms. The number of furan rings is 1. The number of β-amino-alcohol motifs (C(OH)–C–C–N with tert-alkyl or cyclic N) is 1. The lowest BCUT2D eigenvalue weighted by Crippen LogP contribution is -2.45. The van der Waals surface area contributed by atoms with Gasteiger partial charge in [0.25, 0.3) is 11.8 Å². The maximum atomic E-state index is 12.9. The van der Waals surface area contributed by atoms with E-state index in [4.69, 9.17) is 9.15 Å². The summed E-state index contributed by atoms with van der Waals surface area (Å²) in [6.45, 7) is 3.41. The van der Waals surface area contributed by atoms with Crippen LogP contribution in [0.5, 0.6) is 5.75 Å². The molecule has 2 amide bonds. The number of likely N-dealkylation sites (tertiary alicyclic amines) is 1. The molecule has 8 heteroatoms. The van der Waals surface area contributed by atoms with E-state index in [1.165, 1.54) is 6.26 Å². The summed E-state index contributed by atoms with van der Waals surface area (Å²) in [6.07, 6.45) is 1.70. The highest BCUT2D eigenvalue weighted by molar-refractivity contribution is 5.94. The monoisotopic (exact) mass is 413 g/mol. The number of benzene rings is 1. The van der Waals surface area contributed by atoms with Crippen molar-refractivity contribution >= 4 is 11.8 Å². The Morgan fingerprint density at radius 1 is 1.00 bits per heavy atom. The number of ether oxygens (including phenoxy) is 1. The van der Waals surface area contributed by atoms with Crippen molar-refractivity contribution in [2.75, 3.05) is 46.4 Å². The zero-order chi connectivity index (χ0) is 21.1. The Morgan fingerprint density at radius 3 is 2.50 bits per heavy atom. The van der Waals surface area contributed by atoms with E-state index in [1.807, 2.05) is 0 Å². The van der Waals surface area contributed by atoms with Crippen LogP contribution in [-0.4, -0.2) is 90.1 Å². The van der Waals surface area contributed by atoms with Crippen molar-refractivity contribution in [3.05, 3.63) is 54.0 Å². The first-order chi connectivity index (χ1) is 14.6. The molecule has 8 nitrogen and oxygen atoms in total. The fourth-order valence-corrected chi connectivity index (χ4v) is 4.24. The highest BCUT2D eigenvalue weighted by Gasteiger charge is 2.38. The maximum absolute atomic E-state index is 12.9. The Bertz CT molecular complexity index is 867. The molecule has 4 rings (SSSR count). The van der Waals surface area contributed by atoms with Crippen LogP contribution in [0.3, 0.4) is 0 Å². The molecule has 3 heterocycles. The van der Waals surface area contributed by atoms with Gasteiger partial charge in [0.05, 0.1) is 25.5 Å². The summed E-state index contributed by atoms with van der Waals surface area (Å²) in [5, 5.41) is 10.7. The van der Waals surface area contributed by atoms with E-state index in [2.05, 4.69) is 4.90 Å². The molecular weight excluding hydrogens is 386 g/mol. The summed E-state index contributed by atoms with van der Waals surface area (Å²) in [4.78, 5) is 31.1. The number of hydrogen-bond acceptors (Lipinski definition) is 6. The smallest absolute Gasteiger partial charge is 0.289 e. The van der Waals surface area contributed by atoms with Gasteiger partial charge in [-0.3, -0.25) is 14.5 Å². The number of amides is 2. The van der Waals surface area contributed by atoms with Crippen molar-refractivity contribution in [2.45, 2.75) is 18.6 Å². The van der Waals surface area contributed by atoms with Crippen LogP contribution in [0.2, 0.25) is 0 Å². The topological polar surface area (TPSA) is 86.5 Å². The second kappa shape index (κ2) is 8.89. The molecule has 2 aliphatic heterocycles. The number of rotatable bonds is 4. The van der Waals surface area contributed by atoms with E-state index in [1.54, 1.807) is 53.3 Å². The molecule has 1 aromatic heterocycles. The molecule has 1 aromatic carbocycles. The van der Waals surface area contributed by atoms with Crippen LogP contribution in [0.1, 0.15) is 27.3 Å². The molecule has 0 saturated carbocycles. The van der Waals surface area contributed by atoms with Gasteiger partial charge in [0.1, 0.15) is 5.75 Å². The largest absolute Gasteiger partial charge is 0.497 e. The van der Waals surface area contributed by atoms with Gasteiger partial charge in [-0.2, -0.15) is 0 Å². The standard InChI is InChI=1S/C22H27N3O5/c1-29-17-7-5-16(6-8-17)21(27)25-14-18(19(26)15-25)23-9-3-10-24(12-11-23)22(28)20-4-2-13-30-20/h2,4-8,13,18-19,26H,3,9-12,14-15H2,1H3/t18-,19-/m0/s1. The molecule has 1 N–H and O–H groups in total. The van der Waals surface area contributed by atoms with E-state index in [9.17, 15) is 14.7 Å². The van der Waals surface area contributed by atoms with Crippen molar-refractivity contribution < 1.29 is 23.8 Å². The summed E-state index contributed by atoms with van der Waals surface area (Å²) >= 11 is 0. The lowest BCUT2D eigenvalue weighted by molar-refractivity contribution is 0.0697. The van der Waals surface area contributed by atoms with E-state index in [0.717, 1.165) is 13.0 Å². The van der Waals surface area contributed by atoms with E-state index in [-0.39, 0.29) is 17.9 Å². The molecule has 0 radical (unpaired) electrons. The predicted molar refractivity (Wildman–Crippen MR) is 109 cm³/mol. The minimum Gasteiger partial charge on any atom is -0.497 e. The number of methoxy groups -OCH3 is 1. The summed E-state index contributed by atoms with van der Waals surface area (Å²) in [5.74, 6) is 0.846. The van der Waals surface area contributed by atoms with Gasteiger partial charge in [0.15, 0.2) is 5.76 Å². The average Bonchev–Trinajstić information content (AvgIpc) is 3.37. The van der Waals surface area contributed by atoms with Crippen LogP contribution in [-0.2, 0) is 0 Å². The lowest BCUT2D eigenvalue weighted by Gasteiger charge is -2.29. The van der Waals surface area contributed by atoms with Gasteiger partial charge < -0.3 is 24.1 Å². The minimum absolute atomic E-state index is 0.0938. The molecule has 30 heavy (non-hydrogen) atoms.